The molecule has 0 spiro atoms. The molecule has 116 valence electrons. The van der Waals surface area contributed by atoms with Crippen LogP contribution >= 0.6 is 23.1 Å². The van der Waals surface area contributed by atoms with Crippen molar-refractivity contribution in [1.82, 2.24) is 0 Å². The van der Waals surface area contributed by atoms with Gasteiger partial charge in [0.05, 0.1) is 10.8 Å². The van der Waals surface area contributed by atoms with Crippen molar-refractivity contribution in [3.63, 3.8) is 0 Å². The fourth-order valence-corrected chi connectivity index (χ4v) is 4.21. The normalized spacial score (nSPS) is 13.6. The maximum Gasteiger partial charge on any atom is 0.247 e. The highest BCUT2D eigenvalue weighted by molar-refractivity contribution is 8.01. The van der Waals surface area contributed by atoms with Gasteiger partial charge in [0.15, 0.2) is 6.29 Å². The van der Waals surface area contributed by atoms with Gasteiger partial charge in [0.1, 0.15) is 11.0 Å². The summed E-state index contributed by atoms with van der Waals surface area (Å²) in [7, 11) is -2.09. The molecule has 0 aromatic carbocycles. The lowest BCUT2D eigenvalue weighted by Gasteiger charge is -2.10. The molecule has 1 unspecified atom stereocenters. The first-order valence-electron chi connectivity index (χ1n) is 5.80. The number of thiophene rings is 1. The molecule has 1 aromatic heterocycles. The summed E-state index contributed by atoms with van der Waals surface area (Å²) in [5.41, 5.74) is 0.923. The Morgan fingerprint density at radius 3 is 2.75 bits per heavy atom. The van der Waals surface area contributed by atoms with Crippen LogP contribution in [0.1, 0.15) is 12.5 Å². The molecule has 0 aliphatic heterocycles. The highest BCUT2D eigenvalue weighted by Gasteiger charge is 2.16. The first-order valence-corrected chi connectivity index (χ1v) is 9.39. The topological polar surface area (TPSA) is 87.8 Å². The Hall–Kier alpha value is -0.160. The number of primary sulfonamides is 1. The van der Waals surface area contributed by atoms with Gasteiger partial charge in [-0.05, 0) is 31.2 Å². The molecule has 0 amide bonds. The summed E-state index contributed by atoms with van der Waals surface area (Å²) >= 11 is 2.68. The monoisotopic (exact) mass is 341 g/mol. The zero-order chi connectivity index (χ0) is 15.2. The number of sulfonamides is 1. The molecule has 9 heteroatoms. The van der Waals surface area contributed by atoms with E-state index >= 15 is 0 Å². The van der Waals surface area contributed by atoms with Gasteiger partial charge in [0.25, 0.3) is 0 Å². The Bertz CT molecular complexity index is 514. The SMILES string of the molecule is COC(C)OCOCCc1cc(S(N)(=O)=O)sc1SC. The summed E-state index contributed by atoms with van der Waals surface area (Å²) in [6.45, 7) is 2.34. The minimum atomic E-state index is -3.64. The quantitative estimate of drug-likeness (QED) is 0.417. The lowest BCUT2D eigenvalue weighted by atomic mass is 10.2. The number of thioether (sulfide) groups is 1. The maximum atomic E-state index is 11.3. The molecular formula is C11H19NO5S3. The van der Waals surface area contributed by atoms with Crippen LogP contribution < -0.4 is 5.14 Å². The maximum absolute atomic E-state index is 11.3. The summed E-state index contributed by atoms with van der Waals surface area (Å²) in [6.07, 6.45) is 2.19. The van der Waals surface area contributed by atoms with Crippen LogP contribution in [0.2, 0.25) is 0 Å². The molecule has 0 aliphatic rings. The van der Waals surface area contributed by atoms with Crippen molar-refractivity contribution < 1.29 is 22.6 Å². The van der Waals surface area contributed by atoms with Gasteiger partial charge in [-0.1, -0.05) is 0 Å². The Labute approximate surface area is 127 Å². The molecule has 6 nitrogen and oxygen atoms in total. The molecule has 0 saturated carbocycles. The predicted molar refractivity (Wildman–Crippen MR) is 79.6 cm³/mol. The zero-order valence-electron chi connectivity index (χ0n) is 11.6. The minimum absolute atomic E-state index is 0.135. The van der Waals surface area contributed by atoms with Crippen molar-refractivity contribution in [3.05, 3.63) is 11.6 Å². The zero-order valence-corrected chi connectivity index (χ0v) is 14.1. The van der Waals surface area contributed by atoms with E-state index in [1.807, 2.05) is 6.26 Å². The van der Waals surface area contributed by atoms with Crippen molar-refractivity contribution in [1.29, 1.82) is 0 Å². The summed E-state index contributed by atoms with van der Waals surface area (Å²) in [5, 5.41) is 5.13. The molecule has 0 radical (unpaired) electrons. The Morgan fingerprint density at radius 2 is 2.20 bits per heavy atom. The predicted octanol–water partition coefficient (Wildman–Crippen LogP) is 1.64. The van der Waals surface area contributed by atoms with E-state index in [0.717, 1.165) is 9.77 Å². The van der Waals surface area contributed by atoms with E-state index in [4.69, 9.17) is 19.3 Å². The van der Waals surface area contributed by atoms with E-state index in [2.05, 4.69) is 0 Å². The molecule has 2 N–H and O–H groups in total. The van der Waals surface area contributed by atoms with Crippen LogP contribution in [0, 0.1) is 0 Å². The third kappa shape index (κ3) is 5.68. The highest BCUT2D eigenvalue weighted by atomic mass is 32.3. The first kappa shape index (κ1) is 17.9. The summed E-state index contributed by atoms with van der Waals surface area (Å²) < 4.78 is 39.1. The second kappa shape index (κ2) is 8.32. The van der Waals surface area contributed by atoms with Gasteiger partial charge >= 0.3 is 0 Å². The Morgan fingerprint density at radius 1 is 1.50 bits per heavy atom. The molecule has 0 bridgehead atoms. The fraction of sp³-hybridized carbons (Fsp3) is 0.636. The minimum Gasteiger partial charge on any atom is -0.356 e. The molecule has 1 aromatic rings. The van der Waals surface area contributed by atoms with Gasteiger partial charge in [-0.25, -0.2) is 13.6 Å². The van der Waals surface area contributed by atoms with E-state index in [9.17, 15) is 8.42 Å². The standard InChI is InChI=1S/C11H19NO5S3/c1-8(15-2)17-7-16-5-4-9-6-10(20(12,13)14)19-11(9)18-3/h6,8H,4-5,7H2,1-3H3,(H2,12,13,14). The average Bonchev–Trinajstić information content (AvgIpc) is 2.81. The Kier molecular flexibility index (Phi) is 7.45. The number of nitrogens with two attached hydrogens (primary N) is 1. The number of rotatable bonds is 9. The van der Waals surface area contributed by atoms with Crippen LogP contribution in [-0.2, 0) is 30.7 Å². The van der Waals surface area contributed by atoms with Crippen LogP contribution in [0.4, 0.5) is 0 Å². The molecular weight excluding hydrogens is 322 g/mol. The van der Waals surface area contributed by atoms with Crippen molar-refractivity contribution in [2.45, 2.75) is 28.1 Å². The van der Waals surface area contributed by atoms with E-state index in [1.165, 1.54) is 23.1 Å². The Balaban J connectivity index is 2.49. The average molecular weight is 341 g/mol. The second-order valence-corrected chi connectivity index (χ2v) is 7.79. The van der Waals surface area contributed by atoms with Gasteiger partial charge in [0.2, 0.25) is 10.0 Å². The van der Waals surface area contributed by atoms with Crippen LogP contribution in [0.3, 0.4) is 0 Å². The highest BCUT2D eigenvalue weighted by Crippen LogP contribution is 2.33. The third-order valence-electron chi connectivity index (χ3n) is 2.45. The molecule has 0 aliphatic carbocycles. The van der Waals surface area contributed by atoms with E-state index in [0.29, 0.717) is 13.0 Å². The van der Waals surface area contributed by atoms with E-state index in [1.54, 1.807) is 20.1 Å². The fourth-order valence-electron chi connectivity index (χ4n) is 1.33. The van der Waals surface area contributed by atoms with Crippen LogP contribution in [0.25, 0.3) is 0 Å². The number of ether oxygens (including phenoxy) is 3. The lowest BCUT2D eigenvalue weighted by Crippen LogP contribution is -2.13. The van der Waals surface area contributed by atoms with Crippen LogP contribution in [-0.4, -0.2) is 41.5 Å². The first-order chi connectivity index (χ1) is 9.38. The largest absolute Gasteiger partial charge is 0.356 e. The van der Waals surface area contributed by atoms with Crippen molar-refractivity contribution in [2.24, 2.45) is 5.14 Å². The van der Waals surface area contributed by atoms with Crippen LogP contribution in [0.15, 0.2) is 14.5 Å². The smallest absolute Gasteiger partial charge is 0.247 e. The molecule has 1 atom stereocenters. The summed E-state index contributed by atoms with van der Waals surface area (Å²) in [6, 6.07) is 1.60. The van der Waals surface area contributed by atoms with Crippen LogP contribution in [0.5, 0.6) is 0 Å². The van der Waals surface area contributed by atoms with Gasteiger partial charge in [-0.3, -0.25) is 0 Å². The van der Waals surface area contributed by atoms with Crippen molar-refractivity contribution in [3.8, 4) is 0 Å². The number of hydrogen-bond donors (Lipinski definition) is 1. The van der Waals surface area contributed by atoms with Crippen molar-refractivity contribution in [2.75, 3.05) is 26.8 Å². The summed E-state index contributed by atoms with van der Waals surface area (Å²) in [5.74, 6) is 0. The molecule has 0 fully saturated rings. The van der Waals surface area contributed by atoms with Gasteiger partial charge in [0, 0.05) is 7.11 Å². The van der Waals surface area contributed by atoms with E-state index < -0.39 is 10.0 Å². The molecule has 1 rings (SSSR count). The molecule has 20 heavy (non-hydrogen) atoms. The van der Waals surface area contributed by atoms with Gasteiger partial charge < -0.3 is 14.2 Å². The van der Waals surface area contributed by atoms with E-state index in [-0.39, 0.29) is 17.3 Å². The second-order valence-electron chi connectivity index (χ2n) is 3.87. The number of hydrogen-bond acceptors (Lipinski definition) is 7. The van der Waals surface area contributed by atoms with Crippen molar-refractivity contribution >= 4 is 33.1 Å². The number of methoxy groups -OCH3 is 1. The molecule has 1 heterocycles. The lowest BCUT2D eigenvalue weighted by molar-refractivity contribution is -0.174. The van der Waals surface area contributed by atoms with Gasteiger partial charge in [-0.15, -0.1) is 23.1 Å². The third-order valence-corrected chi connectivity index (χ3v) is 6.22. The summed E-state index contributed by atoms with van der Waals surface area (Å²) in [4.78, 5) is 0. The molecule has 0 saturated heterocycles. The van der Waals surface area contributed by atoms with Gasteiger partial charge in [-0.2, -0.15) is 0 Å².